The number of hydrogen-bond donors (Lipinski definition) is 0. The lowest BCUT2D eigenvalue weighted by Crippen LogP contribution is -2.30. The van der Waals surface area contributed by atoms with Crippen molar-refractivity contribution in [3.8, 4) is 23.0 Å². The van der Waals surface area contributed by atoms with Gasteiger partial charge in [0.15, 0.2) is 0 Å². The molecule has 3 saturated carbocycles. The molecule has 0 spiro atoms. The minimum atomic E-state index is -0.879. The zero-order valence-corrected chi connectivity index (χ0v) is 43.3. The Hall–Kier alpha value is -7.46. The zero-order valence-electron chi connectivity index (χ0n) is 43.3. The van der Waals surface area contributed by atoms with Crippen LogP contribution in [0.4, 0.5) is 0 Å². The van der Waals surface area contributed by atoms with E-state index in [0.717, 1.165) is 12.2 Å². The fourth-order valence-corrected chi connectivity index (χ4v) is 8.72. The summed E-state index contributed by atoms with van der Waals surface area (Å²) >= 11 is 0. The molecule has 22 heteroatoms. The summed E-state index contributed by atoms with van der Waals surface area (Å²) in [4.78, 5) is 128. The van der Waals surface area contributed by atoms with Gasteiger partial charge < -0.3 is 56.8 Å². The largest absolute Gasteiger partial charge is 0.462 e. The molecule has 2 aromatic carbocycles. The third-order valence-corrected chi connectivity index (χ3v) is 12.9. The van der Waals surface area contributed by atoms with E-state index in [1.807, 2.05) is 0 Å². The second-order valence-electron chi connectivity index (χ2n) is 18.0. The third kappa shape index (κ3) is 19.3. The number of benzene rings is 2. The molecule has 0 radical (unpaired) electrons. The van der Waals surface area contributed by atoms with Gasteiger partial charge in [-0.15, -0.1) is 0 Å². The van der Waals surface area contributed by atoms with Gasteiger partial charge in [-0.1, -0.05) is 13.2 Å². The molecule has 0 bridgehead atoms. The van der Waals surface area contributed by atoms with E-state index in [1.54, 1.807) is 13.8 Å². The van der Waals surface area contributed by atoms with E-state index in [1.165, 1.54) is 36.4 Å². The summed E-state index contributed by atoms with van der Waals surface area (Å²) in [5.41, 5.74) is -0.405. The summed E-state index contributed by atoms with van der Waals surface area (Å²) in [6, 6.07) is 7.72. The first-order chi connectivity index (χ1) is 37.1. The Morgan fingerprint density at radius 1 is 0.403 bits per heavy atom. The minimum absolute atomic E-state index is 0.0396. The number of carbonyl (C=O) groups excluding carboxylic acids is 10. The highest BCUT2D eigenvalue weighted by Gasteiger charge is 2.38. The lowest BCUT2D eigenvalue weighted by molar-refractivity contribution is -0.155. The van der Waals surface area contributed by atoms with Crippen molar-refractivity contribution in [1.29, 1.82) is 0 Å². The van der Waals surface area contributed by atoms with Gasteiger partial charge in [0.1, 0.15) is 73.8 Å². The van der Waals surface area contributed by atoms with Crippen molar-refractivity contribution in [3.05, 3.63) is 72.8 Å². The molecule has 2 atom stereocenters. The standard InChI is InChI=1S/C55H66O22/c1-5-46(56)68-27-29-70-48(58)34-9-13-36(14-10-34)50(60)76-44-21-19-40(32-42(44)54(64)72-25-23-66-7-3)74-52(62)38-17-18-39(31-38)53(63)75-41-20-22-45(43(33-41)55(65)73-26-24-67-8-4)77-51(61)37-15-11-35(12-16-37)49(59)71-30-28-69-47(57)6-2/h5-6,19-22,32-39H,1-2,7-18,23-31H2,3-4H3. The minimum Gasteiger partial charge on any atom is -0.462 e. The average Bonchev–Trinajstić information content (AvgIpc) is 3.95. The van der Waals surface area contributed by atoms with Gasteiger partial charge in [-0.05, 0) is 121 Å². The Labute approximate surface area is 445 Å². The second-order valence-corrected chi connectivity index (χ2v) is 18.0. The molecule has 3 fully saturated rings. The maximum absolute atomic E-state index is 13.5. The maximum Gasteiger partial charge on any atom is 0.342 e. The topological polar surface area (TPSA) is 281 Å². The van der Waals surface area contributed by atoms with Crippen LogP contribution in [0, 0.1) is 35.5 Å². The molecule has 77 heavy (non-hydrogen) atoms. The molecule has 2 unspecified atom stereocenters. The van der Waals surface area contributed by atoms with E-state index < -0.39 is 95.2 Å². The summed E-state index contributed by atoms with van der Waals surface area (Å²) in [5, 5.41) is 0. The number of rotatable bonds is 28. The predicted molar refractivity (Wildman–Crippen MR) is 265 cm³/mol. The van der Waals surface area contributed by atoms with Gasteiger partial charge in [-0.3, -0.25) is 28.8 Å². The van der Waals surface area contributed by atoms with Crippen molar-refractivity contribution < 1.29 is 105 Å². The van der Waals surface area contributed by atoms with Crippen LogP contribution < -0.4 is 18.9 Å². The van der Waals surface area contributed by atoms with E-state index in [2.05, 4.69) is 13.2 Å². The molecule has 3 aliphatic carbocycles. The van der Waals surface area contributed by atoms with Crippen molar-refractivity contribution >= 4 is 59.7 Å². The van der Waals surface area contributed by atoms with Gasteiger partial charge in [-0.25, -0.2) is 19.2 Å². The molecular formula is C55H66O22. The fourth-order valence-electron chi connectivity index (χ4n) is 8.72. The number of carbonyl (C=O) groups is 10. The Morgan fingerprint density at radius 3 is 1.06 bits per heavy atom. The van der Waals surface area contributed by atoms with Gasteiger partial charge in [-0.2, -0.15) is 0 Å². The van der Waals surface area contributed by atoms with E-state index >= 15 is 0 Å². The smallest absolute Gasteiger partial charge is 0.342 e. The molecule has 2 aromatic rings. The quantitative estimate of drug-likeness (QED) is 0.0312. The van der Waals surface area contributed by atoms with Gasteiger partial charge >= 0.3 is 59.7 Å². The zero-order chi connectivity index (χ0) is 55.7. The van der Waals surface area contributed by atoms with E-state index in [9.17, 15) is 47.9 Å². The first-order valence-corrected chi connectivity index (χ1v) is 25.7. The van der Waals surface area contributed by atoms with Crippen LogP contribution in [0.3, 0.4) is 0 Å². The monoisotopic (exact) mass is 1080 g/mol. The fraction of sp³-hybridized carbons (Fsp3) is 0.527. The Morgan fingerprint density at radius 2 is 0.714 bits per heavy atom. The molecule has 3 aliphatic rings. The summed E-state index contributed by atoms with van der Waals surface area (Å²) in [6.07, 6.45) is 5.05. The number of esters is 10. The van der Waals surface area contributed by atoms with E-state index in [0.29, 0.717) is 64.6 Å². The van der Waals surface area contributed by atoms with Crippen molar-refractivity contribution in [2.24, 2.45) is 35.5 Å². The van der Waals surface area contributed by atoms with Crippen LogP contribution in [0.1, 0.15) is 105 Å². The summed E-state index contributed by atoms with van der Waals surface area (Å²) in [5.74, 6) is -10.8. The van der Waals surface area contributed by atoms with Crippen molar-refractivity contribution in [2.75, 3.05) is 66.1 Å². The molecule has 0 N–H and O–H groups in total. The van der Waals surface area contributed by atoms with Crippen LogP contribution in [0.2, 0.25) is 0 Å². The Bertz CT molecular complexity index is 2260. The summed E-state index contributed by atoms with van der Waals surface area (Å²) in [7, 11) is 0. The molecule has 22 nitrogen and oxygen atoms in total. The van der Waals surface area contributed by atoms with E-state index in [4.69, 9.17) is 56.8 Å². The van der Waals surface area contributed by atoms with Gasteiger partial charge in [0, 0.05) is 25.4 Å². The first kappa shape index (κ1) is 60.4. The van der Waals surface area contributed by atoms with Crippen molar-refractivity contribution in [2.45, 2.75) is 84.5 Å². The Kier molecular flexibility index (Phi) is 24.8. The first-order valence-electron chi connectivity index (χ1n) is 25.7. The van der Waals surface area contributed by atoms with Gasteiger partial charge in [0.05, 0.1) is 48.7 Å². The predicted octanol–water partition coefficient (Wildman–Crippen LogP) is 5.97. The van der Waals surface area contributed by atoms with Gasteiger partial charge in [0.25, 0.3) is 0 Å². The van der Waals surface area contributed by atoms with E-state index in [-0.39, 0.29) is 106 Å². The van der Waals surface area contributed by atoms with Crippen LogP contribution in [-0.4, -0.2) is 126 Å². The van der Waals surface area contributed by atoms with Crippen molar-refractivity contribution in [1.82, 2.24) is 0 Å². The SMILES string of the molecule is C=CC(=O)OCCOC(=O)C1CCC(C(=O)Oc2ccc(OC(=O)C3CCC(C(=O)Oc4ccc(OC(=O)C5CCC(C(=O)OCCOC(=O)C=C)CC5)c(C(=O)OCCOCC)c4)C3)cc2C(=O)OCCOCC)CC1. The summed E-state index contributed by atoms with van der Waals surface area (Å²) in [6.45, 7) is 10.4. The van der Waals surface area contributed by atoms with Crippen molar-refractivity contribution in [3.63, 3.8) is 0 Å². The average molecular weight is 1080 g/mol. The molecule has 0 aliphatic heterocycles. The van der Waals surface area contributed by atoms with Crippen LogP contribution in [0.25, 0.3) is 0 Å². The molecular weight excluding hydrogens is 1010 g/mol. The molecule has 0 saturated heterocycles. The van der Waals surface area contributed by atoms with Crippen LogP contribution >= 0.6 is 0 Å². The lowest BCUT2D eigenvalue weighted by atomic mass is 9.82. The highest BCUT2D eigenvalue weighted by molar-refractivity contribution is 5.95. The third-order valence-electron chi connectivity index (χ3n) is 12.9. The highest BCUT2D eigenvalue weighted by atomic mass is 16.6. The molecule has 5 rings (SSSR count). The maximum atomic E-state index is 13.5. The normalized spacial score (nSPS) is 19.7. The van der Waals surface area contributed by atoms with Gasteiger partial charge in [0.2, 0.25) is 0 Å². The molecule has 418 valence electrons. The number of ether oxygens (including phenoxy) is 12. The van der Waals surface area contributed by atoms with Crippen LogP contribution in [0.15, 0.2) is 61.7 Å². The second kappa shape index (κ2) is 31.6. The molecule has 0 aromatic heterocycles. The molecule has 0 heterocycles. The highest BCUT2D eigenvalue weighted by Crippen LogP contribution is 2.37. The van der Waals surface area contributed by atoms with Crippen LogP contribution in [0.5, 0.6) is 23.0 Å². The lowest BCUT2D eigenvalue weighted by Gasteiger charge is -2.26. The van der Waals surface area contributed by atoms with Crippen LogP contribution in [-0.2, 0) is 76.3 Å². The summed E-state index contributed by atoms with van der Waals surface area (Å²) < 4.78 is 64.1. The Balaban J connectivity index is 1.17. The molecule has 0 amide bonds. The number of hydrogen-bond acceptors (Lipinski definition) is 22.